The molecule has 0 atom stereocenters. The number of ether oxygens (including phenoxy) is 2. The van der Waals surface area contributed by atoms with Crippen molar-refractivity contribution >= 4 is 5.97 Å². The second-order valence-electron chi connectivity index (χ2n) is 3.60. The van der Waals surface area contributed by atoms with Crippen molar-refractivity contribution in [1.29, 1.82) is 0 Å². The van der Waals surface area contributed by atoms with Gasteiger partial charge in [0.25, 0.3) is 0 Å². The molecule has 0 aliphatic carbocycles. The van der Waals surface area contributed by atoms with Crippen LogP contribution in [0.5, 0.6) is 11.5 Å². The van der Waals surface area contributed by atoms with Gasteiger partial charge >= 0.3 is 18.5 Å². The fourth-order valence-corrected chi connectivity index (χ4v) is 1.33. The summed E-state index contributed by atoms with van der Waals surface area (Å²) in [6.45, 7) is 0. The fourth-order valence-electron chi connectivity index (χ4n) is 1.33. The van der Waals surface area contributed by atoms with Gasteiger partial charge in [-0.3, -0.25) is 4.79 Å². The van der Waals surface area contributed by atoms with E-state index in [0.29, 0.717) is 0 Å². The number of alkyl halides is 6. The van der Waals surface area contributed by atoms with E-state index in [4.69, 9.17) is 0 Å². The fraction of sp³-hybridized carbons (Fsp3) is 0.400. The predicted octanol–water partition coefficient (Wildman–Crippen LogP) is 2.42. The Morgan fingerprint density at radius 3 is 2.29 bits per heavy atom. The average Bonchev–Trinajstić information content (AvgIpc) is 2.30. The topological polar surface area (TPSA) is 68.7 Å². The van der Waals surface area contributed by atoms with Crippen LogP contribution in [-0.2, 0) is 22.1 Å². The average molecular weight is 319 g/mol. The van der Waals surface area contributed by atoms with Crippen molar-refractivity contribution in [3.63, 3.8) is 0 Å². The van der Waals surface area contributed by atoms with E-state index in [2.05, 4.69) is 14.5 Å². The lowest BCUT2D eigenvalue weighted by Crippen LogP contribution is -2.20. The third-order valence-corrected chi connectivity index (χ3v) is 2.16. The van der Waals surface area contributed by atoms with Gasteiger partial charge < -0.3 is 14.6 Å². The Morgan fingerprint density at radius 2 is 1.86 bits per heavy atom. The van der Waals surface area contributed by atoms with E-state index in [0.717, 1.165) is 7.11 Å². The van der Waals surface area contributed by atoms with Crippen molar-refractivity contribution in [3.05, 3.63) is 17.5 Å². The summed E-state index contributed by atoms with van der Waals surface area (Å²) in [6.07, 6.45) is -11.3. The zero-order valence-corrected chi connectivity index (χ0v) is 10.2. The first kappa shape index (κ1) is 16.9. The second kappa shape index (κ2) is 5.66. The molecule has 0 saturated heterocycles. The summed E-state index contributed by atoms with van der Waals surface area (Å²) < 4.78 is 81.5. The molecule has 118 valence electrons. The number of aromatic nitrogens is 1. The number of hydrogen-bond donors (Lipinski definition) is 1. The molecule has 0 spiro atoms. The predicted molar refractivity (Wildman–Crippen MR) is 53.3 cm³/mol. The van der Waals surface area contributed by atoms with Gasteiger partial charge in [0.05, 0.1) is 25.3 Å². The first-order valence-corrected chi connectivity index (χ1v) is 5.06. The molecule has 1 aromatic heterocycles. The maximum Gasteiger partial charge on any atom is 0.573 e. The molecule has 1 rings (SSSR count). The molecular weight excluding hydrogens is 312 g/mol. The molecule has 21 heavy (non-hydrogen) atoms. The molecule has 0 radical (unpaired) electrons. The number of hydrogen-bond acceptors (Lipinski definition) is 5. The van der Waals surface area contributed by atoms with Crippen LogP contribution in [0.4, 0.5) is 26.3 Å². The van der Waals surface area contributed by atoms with Gasteiger partial charge in [0.15, 0.2) is 17.2 Å². The van der Waals surface area contributed by atoms with Gasteiger partial charge in [-0.1, -0.05) is 0 Å². The number of methoxy groups -OCH3 is 1. The molecule has 11 heteroatoms. The molecule has 0 aliphatic heterocycles. The van der Waals surface area contributed by atoms with Gasteiger partial charge in [0.1, 0.15) is 0 Å². The zero-order valence-electron chi connectivity index (χ0n) is 10.2. The summed E-state index contributed by atoms with van der Waals surface area (Å²) in [4.78, 5) is 13.7. The van der Waals surface area contributed by atoms with Gasteiger partial charge in [0, 0.05) is 0 Å². The molecule has 0 amide bonds. The monoisotopic (exact) mass is 319 g/mol. The van der Waals surface area contributed by atoms with Crippen LogP contribution in [0.1, 0.15) is 11.3 Å². The van der Waals surface area contributed by atoms with Gasteiger partial charge in [0.2, 0.25) is 0 Å². The summed E-state index contributed by atoms with van der Waals surface area (Å²) in [5.74, 6) is -4.02. The first-order chi connectivity index (χ1) is 9.45. The van der Waals surface area contributed by atoms with Crippen LogP contribution in [-0.4, -0.2) is 29.5 Å². The van der Waals surface area contributed by atoms with E-state index in [1.807, 2.05) is 0 Å². The quantitative estimate of drug-likeness (QED) is 0.684. The van der Waals surface area contributed by atoms with E-state index in [1.165, 1.54) is 0 Å². The highest BCUT2D eigenvalue weighted by molar-refractivity contribution is 5.74. The van der Waals surface area contributed by atoms with Crippen LogP contribution in [0.2, 0.25) is 0 Å². The first-order valence-electron chi connectivity index (χ1n) is 5.06. The molecule has 5 nitrogen and oxygen atoms in total. The van der Waals surface area contributed by atoms with E-state index < -0.39 is 47.7 Å². The van der Waals surface area contributed by atoms with Crippen molar-refractivity contribution in [1.82, 2.24) is 4.98 Å². The number of rotatable bonds is 3. The summed E-state index contributed by atoms with van der Waals surface area (Å²) in [5.41, 5.74) is -2.86. The van der Waals surface area contributed by atoms with Crippen LogP contribution in [0, 0.1) is 0 Å². The summed E-state index contributed by atoms with van der Waals surface area (Å²) in [6, 6.07) is 0. The van der Waals surface area contributed by atoms with E-state index in [9.17, 15) is 36.2 Å². The summed E-state index contributed by atoms with van der Waals surface area (Å²) in [7, 11) is 0.871. The largest absolute Gasteiger partial charge is 0.573 e. The number of carbonyl (C=O) groups excluding carboxylic acids is 1. The minimum absolute atomic E-state index is 0.119. The Hall–Kier alpha value is -2.20. The Morgan fingerprint density at radius 1 is 1.29 bits per heavy atom. The smallest absolute Gasteiger partial charge is 0.505 e. The molecule has 0 fully saturated rings. The Bertz CT molecular complexity index is 540. The lowest BCUT2D eigenvalue weighted by molar-refractivity contribution is -0.275. The molecule has 0 saturated carbocycles. The maximum atomic E-state index is 12.5. The highest BCUT2D eigenvalue weighted by atomic mass is 19.4. The second-order valence-corrected chi connectivity index (χ2v) is 3.60. The highest BCUT2D eigenvalue weighted by Crippen LogP contribution is 2.40. The minimum atomic E-state index is -5.24. The van der Waals surface area contributed by atoms with Crippen LogP contribution >= 0.6 is 0 Å². The van der Waals surface area contributed by atoms with Gasteiger partial charge in [-0.05, 0) is 0 Å². The third kappa shape index (κ3) is 4.39. The van der Waals surface area contributed by atoms with Gasteiger partial charge in [-0.15, -0.1) is 13.2 Å². The van der Waals surface area contributed by atoms with Crippen molar-refractivity contribution < 1.29 is 45.7 Å². The molecule has 0 aliphatic rings. The Kier molecular flexibility index (Phi) is 4.54. The van der Waals surface area contributed by atoms with Crippen LogP contribution in [0.3, 0.4) is 0 Å². The van der Waals surface area contributed by atoms with Gasteiger partial charge in [-0.25, -0.2) is 4.98 Å². The summed E-state index contributed by atoms with van der Waals surface area (Å²) >= 11 is 0. The van der Waals surface area contributed by atoms with E-state index in [1.54, 1.807) is 0 Å². The van der Waals surface area contributed by atoms with Crippen molar-refractivity contribution in [2.24, 2.45) is 0 Å². The maximum absolute atomic E-state index is 12.5. The van der Waals surface area contributed by atoms with Crippen molar-refractivity contribution in [2.75, 3.05) is 7.11 Å². The van der Waals surface area contributed by atoms with E-state index in [-0.39, 0.29) is 6.20 Å². The molecule has 1 heterocycles. The minimum Gasteiger partial charge on any atom is -0.505 e. The lowest BCUT2D eigenvalue weighted by atomic mass is 10.1. The van der Waals surface area contributed by atoms with Crippen molar-refractivity contribution in [3.8, 4) is 11.5 Å². The number of aromatic hydroxyl groups is 1. The molecular formula is C10H7F6NO4. The number of nitrogens with zero attached hydrogens (tertiary/aromatic N) is 1. The van der Waals surface area contributed by atoms with Crippen molar-refractivity contribution in [2.45, 2.75) is 19.0 Å². The number of pyridine rings is 1. The lowest BCUT2D eigenvalue weighted by Gasteiger charge is -2.16. The van der Waals surface area contributed by atoms with E-state index >= 15 is 0 Å². The summed E-state index contributed by atoms with van der Waals surface area (Å²) in [5, 5.41) is 9.41. The van der Waals surface area contributed by atoms with Crippen LogP contribution in [0.15, 0.2) is 6.20 Å². The molecule has 0 aromatic carbocycles. The molecule has 0 bridgehead atoms. The molecule has 1 aromatic rings. The number of carbonyl (C=O) groups is 1. The normalized spacial score (nSPS) is 12.1. The van der Waals surface area contributed by atoms with Crippen LogP contribution in [0.25, 0.3) is 0 Å². The number of esters is 1. The number of halogens is 6. The SMILES string of the molecule is COC(=O)Cc1c(OC(F)(F)F)cnc(C(F)(F)F)c1O. The standard InChI is InChI=1S/C10H7F6NO4/c1-20-6(18)2-4-5(21-10(14,15)16)3-17-8(7(4)19)9(11,12)13/h3,19H,2H2,1H3. The highest BCUT2D eigenvalue weighted by Gasteiger charge is 2.40. The van der Waals surface area contributed by atoms with Crippen LogP contribution < -0.4 is 4.74 Å². The third-order valence-electron chi connectivity index (χ3n) is 2.16. The molecule has 1 N–H and O–H groups in total. The van der Waals surface area contributed by atoms with Gasteiger partial charge in [-0.2, -0.15) is 13.2 Å². The molecule has 0 unspecified atom stereocenters. The Balaban J connectivity index is 3.38. The zero-order chi connectivity index (χ0) is 16.4. The Labute approximate surface area is 113 Å².